The van der Waals surface area contributed by atoms with Gasteiger partial charge in [-0.05, 0) is 52.7 Å². The summed E-state index contributed by atoms with van der Waals surface area (Å²) in [5, 5.41) is 3.65. The minimum absolute atomic E-state index is 0.552. The highest BCUT2D eigenvalue weighted by Gasteiger charge is 2.30. The van der Waals surface area contributed by atoms with E-state index in [1.165, 1.54) is 58.2 Å². The molecule has 1 aliphatic carbocycles. The van der Waals surface area contributed by atoms with E-state index < -0.39 is 0 Å². The molecule has 0 aromatic rings. The van der Waals surface area contributed by atoms with Crippen LogP contribution in [0.1, 0.15) is 38.5 Å². The van der Waals surface area contributed by atoms with Crippen LogP contribution < -0.4 is 5.32 Å². The first-order valence-electron chi connectivity index (χ1n) is 6.59. The molecule has 2 nitrogen and oxygen atoms in total. The van der Waals surface area contributed by atoms with Gasteiger partial charge in [0.05, 0.1) is 0 Å². The predicted molar refractivity (Wildman–Crippen MR) is 75.4 cm³/mol. The van der Waals surface area contributed by atoms with Gasteiger partial charge in [0.15, 0.2) is 0 Å². The molecule has 0 aromatic heterocycles. The number of rotatable bonds is 7. The van der Waals surface area contributed by atoms with Crippen LogP contribution in [0.2, 0.25) is 0 Å². The Morgan fingerprint density at radius 2 is 1.88 bits per heavy atom. The van der Waals surface area contributed by atoms with Crippen LogP contribution in [-0.4, -0.2) is 49.6 Å². The zero-order valence-corrected chi connectivity index (χ0v) is 12.0. The Balaban J connectivity index is 2.13. The molecule has 1 rings (SSSR count). The van der Waals surface area contributed by atoms with Gasteiger partial charge in [-0.3, -0.25) is 0 Å². The van der Waals surface area contributed by atoms with E-state index in [-0.39, 0.29) is 0 Å². The molecule has 0 radical (unpaired) electrons. The second-order valence-corrected chi connectivity index (χ2v) is 6.56. The van der Waals surface area contributed by atoms with Gasteiger partial charge in [-0.25, -0.2) is 0 Å². The van der Waals surface area contributed by atoms with Crippen molar-refractivity contribution in [3.8, 4) is 0 Å². The van der Waals surface area contributed by atoms with E-state index >= 15 is 0 Å². The van der Waals surface area contributed by atoms with Crippen molar-refractivity contribution >= 4 is 11.8 Å². The first-order chi connectivity index (χ1) is 7.68. The van der Waals surface area contributed by atoms with Crippen LogP contribution in [0.25, 0.3) is 0 Å². The lowest BCUT2D eigenvalue weighted by Gasteiger charge is -2.36. The Labute approximate surface area is 106 Å². The molecule has 0 aliphatic heterocycles. The molecule has 1 aliphatic rings. The van der Waals surface area contributed by atoms with Crippen LogP contribution in [0.15, 0.2) is 0 Å². The third-order valence-corrected chi connectivity index (χ3v) is 5.02. The number of hydrogen-bond donors (Lipinski definition) is 1. The van der Waals surface area contributed by atoms with Crippen LogP contribution >= 0.6 is 11.8 Å². The number of nitrogens with zero attached hydrogens (tertiary/aromatic N) is 1. The SMILES string of the molecule is CSC1(CNCCCN(C)C)CCCCC1. The van der Waals surface area contributed by atoms with E-state index in [0.717, 1.165) is 0 Å². The lowest BCUT2D eigenvalue weighted by molar-refractivity contribution is 0.364. The summed E-state index contributed by atoms with van der Waals surface area (Å²) in [6.07, 6.45) is 10.7. The summed E-state index contributed by atoms with van der Waals surface area (Å²) in [4.78, 5) is 2.26. The van der Waals surface area contributed by atoms with Crippen molar-refractivity contribution in [2.75, 3.05) is 40.0 Å². The third kappa shape index (κ3) is 5.07. The molecular formula is C13H28N2S. The number of hydrogen-bond acceptors (Lipinski definition) is 3. The van der Waals surface area contributed by atoms with Gasteiger partial charge >= 0.3 is 0 Å². The van der Waals surface area contributed by atoms with Crippen LogP contribution in [0, 0.1) is 0 Å². The zero-order chi connectivity index (χ0) is 11.9. The third-order valence-electron chi connectivity index (χ3n) is 3.60. The number of thioether (sulfide) groups is 1. The zero-order valence-electron chi connectivity index (χ0n) is 11.2. The molecule has 0 unspecified atom stereocenters. The van der Waals surface area contributed by atoms with Gasteiger partial charge in [0.1, 0.15) is 0 Å². The average Bonchev–Trinajstić information content (AvgIpc) is 2.29. The molecule has 0 bridgehead atoms. The van der Waals surface area contributed by atoms with Gasteiger partial charge < -0.3 is 10.2 Å². The van der Waals surface area contributed by atoms with Crippen molar-refractivity contribution in [2.45, 2.75) is 43.3 Å². The lowest BCUT2D eigenvalue weighted by Crippen LogP contribution is -2.40. The van der Waals surface area contributed by atoms with Crippen molar-refractivity contribution in [1.29, 1.82) is 0 Å². The summed E-state index contributed by atoms with van der Waals surface area (Å²) in [5.41, 5.74) is 0. The molecule has 16 heavy (non-hydrogen) atoms. The Kier molecular flexibility index (Phi) is 6.78. The normalized spacial score (nSPS) is 20.2. The second-order valence-electron chi connectivity index (χ2n) is 5.28. The summed E-state index contributed by atoms with van der Waals surface area (Å²) >= 11 is 2.08. The fourth-order valence-corrected chi connectivity index (χ4v) is 3.43. The van der Waals surface area contributed by atoms with Crippen molar-refractivity contribution in [3.63, 3.8) is 0 Å². The molecule has 0 amide bonds. The van der Waals surface area contributed by atoms with Gasteiger partial charge in [-0.15, -0.1) is 0 Å². The predicted octanol–water partition coefficient (Wildman–Crippen LogP) is 2.59. The van der Waals surface area contributed by atoms with E-state index in [1.807, 2.05) is 0 Å². The monoisotopic (exact) mass is 244 g/mol. The Morgan fingerprint density at radius 3 is 2.44 bits per heavy atom. The largest absolute Gasteiger partial charge is 0.315 e. The van der Waals surface area contributed by atoms with E-state index in [9.17, 15) is 0 Å². The lowest BCUT2D eigenvalue weighted by atomic mass is 9.88. The summed E-state index contributed by atoms with van der Waals surface area (Å²) < 4.78 is 0.552. The standard InChI is InChI=1S/C13H28N2S/c1-15(2)11-7-10-14-12-13(16-3)8-5-4-6-9-13/h14H,4-12H2,1-3H3. The highest BCUT2D eigenvalue weighted by Crippen LogP contribution is 2.37. The van der Waals surface area contributed by atoms with E-state index in [1.54, 1.807) is 0 Å². The van der Waals surface area contributed by atoms with Gasteiger partial charge in [0.25, 0.3) is 0 Å². The molecule has 96 valence electrons. The van der Waals surface area contributed by atoms with E-state index in [2.05, 4.69) is 42.3 Å². The Morgan fingerprint density at radius 1 is 1.19 bits per heavy atom. The molecule has 0 atom stereocenters. The topological polar surface area (TPSA) is 15.3 Å². The van der Waals surface area contributed by atoms with Crippen molar-refractivity contribution in [3.05, 3.63) is 0 Å². The molecule has 1 fully saturated rings. The van der Waals surface area contributed by atoms with Gasteiger partial charge in [0.2, 0.25) is 0 Å². The quantitative estimate of drug-likeness (QED) is 0.693. The van der Waals surface area contributed by atoms with Crippen LogP contribution in [0.3, 0.4) is 0 Å². The smallest absolute Gasteiger partial charge is 0.0281 e. The molecule has 1 saturated carbocycles. The molecule has 0 heterocycles. The Hall–Kier alpha value is 0.270. The van der Waals surface area contributed by atoms with E-state index in [4.69, 9.17) is 0 Å². The highest BCUT2D eigenvalue weighted by molar-refractivity contribution is 8.00. The molecular weight excluding hydrogens is 216 g/mol. The van der Waals surface area contributed by atoms with Crippen molar-refractivity contribution in [2.24, 2.45) is 0 Å². The summed E-state index contributed by atoms with van der Waals surface area (Å²) in [6.45, 7) is 3.57. The molecule has 3 heteroatoms. The minimum Gasteiger partial charge on any atom is -0.315 e. The first-order valence-corrected chi connectivity index (χ1v) is 7.82. The van der Waals surface area contributed by atoms with Crippen LogP contribution in [0.4, 0.5) is 0 Å². The second kappa shape index (κ2) is 7.57. The molecule has 1 N–H and O–H groups in total. The fraction of sp³-hybridized carbons (Fsp3) is 1.00. The van der Waals surface area contributed by atoms with Crippen LogP contribution in [0.5, 0.6) is 0 Å². The molecule has 0 saturated heterocycles. The summed E-state index contributed by atoms with van der Waals surface area (Å²) in [5.74, 6) is 0. The molecule has 0 spiro atoms. The van der Waals surface area contributed by atoms with Gasteiger partial charge in [-0.1, -0.05) is 19.3 Å². The van der Waals surface area contributed by atoms with E-state index in [0.29, 0.717) is 4.75 Å². The molecule has 0 aromatic carbocycles. The van der Waals surface area contributed by atoms with Gasteiger partial charge in [-0.2, -0.15) is 11.8 Å². The van der Waals surface area contributed by atoms with Crippen molar-refractivity contribution < 1.29 is 0 Å². The fourth-order valence-electron chi connectivity index (χ4n) is 2.49. The number of nitrogens with one attached hydrogen (secondary N) is 1. The van der Waals surface area contributed by atoms with Crippen molar-refractivity contribution in [1.82, 2.24) is 10.2 Å². The maximum Gasteiger partial charge on any atom is 0.0281 e. The Bertz CT molecular complexity index is 177. The maximum atomic E-state index is 3.65. The average molecular weight is 244 g/mol. The minimum atomic E-state index is 0.552. The highest BCUT2D eigenvalue weighted by atomic mass is 32.2. The maximum absolute atomic E-state index is 3.65. The summed E-state index contributed by atoms with van der Waals surface area (Å²) in [6, 6.07) is 0. The van der Waals surface area contributed by atoms with Crippen LogP contribution in [-0.2, 0) is 0 Å². The van der Waals surface area contributed by atoms with Gasteiger partial charge in [0, 0.05) is 11.3 Å². The first kappa shape index (κ1) is 14.3. The summed E-state index contributed by atoms with van der Waals surface area (Å²) in [7, 11) is 4.29.